The summed E-state index contributed by atoms with van der Waals surface area (Å²) < 4.78 is 2.44. The lowest BCUT2D eigenvalue weighted by Gasteiger charge is -2.22. The fraction of sp³-hybridized carbons (Fsp3) is 0.444. The van der Waals surface area contributed by atoms with E-state index in [0.717, 1.165) is 29.7 Å². The van der Waals surface area contributed by atoms with Crippen LogP contribution in [0.3, 0.4) is 0 Å². The van der Waals surface area contributed by atoms with Crippen molar-refractivity contribution >= 4 is 35.3 Å². The number of aromatic nitrogens is 1. The molecular formula is C18H23N3OS2. The average Bonchev–Trinajstić information content (AvgIpc) is 2.84. The molecule has 1 aliphatic carbocycles. The van der Waals surface area contributed by atoms with E-state index in [2.05, 4.69) is 5.32 Å². The number of nitrogen functional groups attached to an aromatic ring is 1. The summed E-state index contributed by atoms with van der Waals surface area (Å²) in [5.74, 6) is 0.344. The molecule has 6 heteroatoms. The van der Waals surface area contributed by atoms with Gasteiger partial charge in [-0.1, -0.05) is 48.8 Å². The lowest BCUT2D eigenvalue weighted by atomic mass is 9.95. The molecule has 0 saturated heterocycles. The van der Waals surface area contributed by atoms with Gasteiger partial charge >= 0.3 is 0 Å². The molecule has 3 rings (SSSR count). The van der Waals surface area contributed by atoms with E-state index in [1.165, 1.54) is 30.6 Å². The molecule has 0 aliphatic heterocycles. The maximum absolute atomic E-state index is 12.7. The highest BCUT2D eigenvalue weighted by molar-refractivity contribution is 7.73. The smallest absolute Gasteiger partial charge is 0.265 e. The number of thiazole rings is 1. The van der Waals surface area contributed by atoms with Crippen molar-refractivity contribution in [2.45, 2.75) is 52.0 Å². The second kappa shape index (κ2) is 7.07. The maximum Gasteiger partial charge on any atom is 0.265 e. The molecule has 0 unspecified atom stereocenters. The molecule has 1 saturated carbocycles. The standard InChI is InChI=1S/C18H23N3OS2/c1-11-7-6-8-12(2)14(11)21-16(19)15(24-18(21)23)17(22)20-13-9-4-3-5-10-13/h6-8,13H,3-5,9-10,19H2,1-2H3,(H,20,22). The second-order valence-electron chi connectivity index (χ2n) is 6.47. The van der Waals surface area contributed by atoms with Crippen LogP contribution in [-0.4, -0.2) is 16.5 Å². The number of nitrogens with zero attached hydrogens (tertiary/aromatic N) is 1. The van der Waals surface area contributed by atoms with Crippen LogP contribution in [0.25, 0.3) is 5.69 Å². The van der Waals surface area contributed by atoms with Crippen LogP contribution >= 0.6 is 23.6 Å². The average molecular weight is 362 g/mol. The van der Waals surface area contributed by atoms with Crippen LogP contribution in [-0.2, 0) is 0 Å². The molecule has 1 amide bonds. The van der Waals surface area contributed by atoms with Crippen molar-refractivity contribution in [3.8, 4) is 5.69 Å². The van der Waals surface area contributed by atoms with Gasteiger partial charge in [0.15, 0.2) is 3.95 Å². The maximum atomic E-state index is 12.7. The van der Waals surface area contributed by atoms with Crippen LogP contribution in [0.5, 0.6) is 0 Å². The Morgan fingerprint density at radius 1 is 1.25 bits per heavy atom. The van der Waals surface area contributed by atoms with Gasteiger partial charge in [-0.3, -0.25) is 9.36 Å². The minimum absolute atomic E-state index is 0.0968. The van der Waals surface area contributed by atoms with Crippen LogP contribution in [0.1, 0.15) is 52.9 Å². The normalized spacial score (nSPS) is 15.4. The van der Waals surface area contributed by atoms with Crippen molar-refractivity contribution in [3.05, 3.63) is 38.2 Å². The molecule has 0 bridgehead atoms. The van der Waals surface area contributed by atoms with E-state index in [0.29, 0.717) is 14.6 Å². The number of anilines is 1. The minimum atomic E-state index is -0.0968. The molecule has 24 heavy (non-hydrogen) atoms. The molecule has 0 spiro atoms. The molecule has 128 valence electrons. The Bertz CT molecular complexity index is 796. The van der Waals surface area contributed by atoms with Gasteiger partial charge in [-0.15, -0.1) is 0 Å². The Morgan fingerprint density at radius 2 is 1.88 bits per heavy atom. The van der Waals surface area contributed by atoms with Gasteiger partial charge in [-0.2, -0.15) is 0 Å². The minimum Gasteiger partial charge on any atom is -0.383 e. The number of carbonyl (C=O) groups is 1. The van der Waals surface area contributed by atoms with Gasteiger partial charge in [0.2, 0.25) is 0 Å². The summed E-state index contributed by atoms with van der Waals surface area (Å²) in [7, 11) is 0. The van der Waals surface area contributed by atoms with Gasteiger partial charge in [0.1, 0.15) is 10.7 Å². The van der Waals surface area contributed by atoms with Crippen molar-refractivity contribution in [1.82, 2.24) is 9.88 Å². The van der Waals surface area contributed by atoms with Gasteiger partial charge < -0.3 is 11.1 Å². The Labute approximate surface area is 151 Å². The first-order valence-electron chi connectivity index (χ1n) is 8.38. The summed E-state index contributed by atoms with van der Waals surface area (Å²) in [6.07, 6.45) is 5.72. The second-order valence-corrected chi connectivity index (χ2v) is 8.11. The third kappa shape index (κ3) is 3.26. The molecule has 4 nitrogen and oxygen atoms in total. The summed E-state index contributed by atoms with van der Waals surface area (Å²) in [6, 6.07) is 6.33. The fourth-order valence-corrected chi connectivity index (χ4v) is 4.66. The van der Waals surface area contributed by atoms with E-state index in [1.807, 2.05) is 36.6 Å². The van der Waals surface area contributed by atoms with Crippen molar-refractivity contribution in [3.63, 3.8) is 0 Å². The van der Waals surface area contributed by atoms with Gasteiger partial charge in [0.05, 0.1) is 5.69 Å². The number of hydrogen-bond acceptors (Lipinski definition) is 4. The van der Waals surface area contributed by atoms with Crippen LogP contribution < -0.4 is 11.1 Å². The van der Waals surface area contributed by atoms with E-state index in [1.54, 1.807) is 0 Å². The Morgan fingerprint density at radius 3 is 2.50 bits per heavy atom. The van der Waals surface area contributed by atoms with Crippen molar-refractivity contribution in [1.29, 1.82) is 0 Å². The highest BCUT2D eigenvalue weighted by Gasteiger charge is 2.22. The predicted molar refractivity (Wildman–Crippen MR) is 103 cm³/mol. The molecule has 1 heterocycles. The molecule has 1 aromatic heterocycles. The van der Waals surface area contributed by atoms with E-state index < -0.39 is 0 Å². The number of para-hydroxylation sites is 1. The summed E-state index contributed by atoms with van der Waals surface area (Å²) >= 11 is 6.80. The van der Waals surface area contributed by atoms with Crippen LogP contribution in [0.2, 0.25) is 0 Å². The fourth-order valence-electron chi connectivity index (χ4n) is 3.42. The predicted octanol–water partition coefficient (Wildman–Crippen LogP) is 4.53. The number of hydrogen-bond donors (Lipinski definition) is 2. The van der Waals surface area contributed by atoms with Crippen LogP contribution in [0.4, 0.5) is 5.82 Å². The summed E-state index contributed by atoms with van der Waals surface area (Å²) in [6.45, 7) is 4.06. The molecule has 0 radical (unpaired) electrons. The molecule has 3 N–H and O–H groups in total. The Kier molecular flexibility index (Phi) is 5.06. The number of carbonyl (C=O) groups excluding carboxylic acids is 1. The molecule has 2 aromatic rings. The first kappa shape index (κ1) is 17.2. The number of nitrogens with one attached hydrogen (secondary N) is 1. The summed E-state index contributed by atoms with van der Waals surface area (Å²) in [4.78, 5) is 13.2. The molecule has 1 aromatic carbocycles. The third-order valence-corrected chi connectivity index (χ3v) is 6.04. The van der Waals surface area contributed by atoms with Crippen molar-refractivity contribution in [2.75, 3.05) is 5.73 Å². The number of rotatable bonds is 3. The van der Waals surface area contributed by atoms with Gasteiger partial charge in [0, 0.05) is 6.04 Å². The van der Waals surface area contributed by atoms with Crippen molar-refractivity contribution in [2.24, 2.45) is 0 Å². The highest BCUT2D eigenvalue weighted by atomic mass is 32.1. The molecule has 1 aliphatic rings. The quantitative estimate of drug-likeness (QED) is 0.790. The number of amides is 1. The molecular weight excluding hydrogens is 338 g/mol. The van der Waals surface area contributed by atoms with E-state index >= 15 is 0 Å². The molecule has 0 atom stereocenters. The number of benzene rings is 1. The number of nitrogens with two attached hydrogens (primary N) is 1. The van der Waals surface area contributed by atoms with Crippen LogP contribution in [0, 0.1) is 17.8 Å². The highest BCUT2D eigenvalue weighted by Crippen LogP contribution is 2.30. The first-order chi connectivity index (χ1) is 11.5. The van der Waals surface area contributed by atoms with E-state index in [9.17, 15) is 4.79 Å². The van der Waals surface area contributed by atoms with Gasteiger partial charge in [-0.25, -0.2) is 0 Å². The SMILES string of the molecule is Cc1cccc(C)c1-n1c(N)c(C(=O)NC2CCCCC2)sc1=S. The summed E-state index contributed by atoms with van der Waals surface area (Å²) in [5.41, 5.74) is 9.49. The number of aryl methyl sites for hydroxylation is 2. The lowest BCUT2D eigenvalue weighted by molar-refractivity contribution is 0.0932. The Hall–Kier alpha value is -1.66. The Balaban J connectivity index is 1.95. The summed E-state index contributed by atoms with van der Waals surface area (Å²) in [5, 5.41) is 3.13. The zero-order chi connectivity index (χ0) is 17.3. The zero-order valence-corrected chi connectivity index (χ0v) is 15.7. The van der Waals surface area contributed by atoms with Crippen LogP contribution in [0.15, 0.2) is 18.2 Å². The van der Waals surface area contributed by atoms with E-state index in [4.69, 9.17) is 18.0 Å². The van der Waals surface area contributed by atoms with Gasteiger partial charge in [0.25, 0.3) is 5.91 Å². The monoisotopic (exact) mass is 361 g/mol. The zero-order valence-electron chi connectivity index (χ0n) is 14.1. The van der Waals surface area contributed by atoms with E-state index in [-0.39, 0.29) is 11.9 Å². The molecule has 1 fully saturated rings. The lowest BCUT2D eigenvalue weighted by Crippen LogP contribution is -2.36. The third-order valence-electron chi connectivity index (χ3n) is 4.66. The largest absolute Gasteiger partial charge is 0.383 e. The first-order valence-corrected chi connectivity index (χ1v) is 9.60. The van der Waals surface area contributed by atoms with Gasteiger partial charge in [-0.05, 0) is 50.0 Å². The topological polar surface area (TPSA) is 60.0 Å². The van der Waals surface area contributed by atoms with Crippen molar-refractivity contribution < 1.29 is 4.79 Å².